The van der Waals surface area contributed by atoms with Crippen molar-refractivity contribution in [2.45, 2.75) is 13.8 Å². The van der Waals surface area contributed by atoms with Crippen LogP contribution in [0.5, 0.6) is 0 Å². The quantitative estimate of drug-likeness (QED) is 0.867. The van der Waals surface area contributed by atoms with Crippen molar-refractivity contribution in [1.29, 1.82) is 0 Å². The van der Waals surface area contributed by atoms with E-state index in [-0.39, 0.29) is 5.91 Å². The molecule has 0 fully saturated rings. The van der Waals surface area contributed by atoms with Crippen molar-refractivity contribution in [2.75, 3.05) is 6.61 Å². The zero-order valence-electron chi connectivity index (χ0n) is 10.9. The van der Waals surface area contributed by atoms with E-state index >= 15 is 0 Å². The Bertz CT molecular complexity index is 596. The van der Waals surface area contributed by atoms with Crippen molar-refractivity contribution < 1.29 is 9.63 Å². The van der Waals surface area contributed by atoms with E-state index in [4.69, 9.17) is 4.84 Å². The first-order chi connectivity index (χ1) is 9.06. The van der Waals surface area contributed by atoms with Gasteiger partial charge in [-0.15, -0.1) is 0 Å². The van der Waals surface area contributed by atoms with Crippen LogP contribution in [0.2, 0.25) is 0 Å². The molecule has 19 heavy (non-hydrogen) atoms. The predicted molar refractivity (Wildman–Crippen MR) is 79.9 cm³/mol. The second-order valence-electron chi connectivity index (χ2n) is 4.84. The molecule has 0 saturated heterocycles. The van der Waals surface area contributed by atoms with E-state index in [1.54, 1.807) is 6.07 Å². The van der Waals surface area contributed by atoms with E-state index in [0.717, 1.165) is 15.2 Å². The first kappa shape index (κ1) is 14.0. The average molecular weight is 322 g/mol. The molecule has 0 bridgehead atoms. The normalized spacial score (nSPS) is 10.9. The monoisotopic (exact) mass is 321 g/mol. The molecule has 0 radical (unpaired) electrons. The molecular weight excluding hydrogens is 306 g/mol. The smallest absolute Gasteiger partial charge is 0.273 e. The minimum absolute atomic E-state index is 0.217. The number of rotatable bonds is 4. The molecule has 0 atom stereocenters. The van der Waals surface area contributed by atoms with Crippen molar-refractivity contribution in [2.24, 2.45) is 5.92 Å². The molecule has 0 aliphatic heterocycles. The number of halogens is 1. The summed E-state index contributed by atoms with van der Waals surface area (Å²) in [6, 6.07) is 11.5. The molecule has 2 aromatic carbocycles. The summed E-state index contributed by atoms with van der Waals surface area (Å²) in [5.41, 5.74) is 3.05. The Morgan fingerprint density at radius 2 is 1.89 bits per heavy atom. The summed E-state index contributed by atoms with van der Waals surface area (Å²) in [6.07, 6.45) is 0. The Kier molecular flexibility index (Phi) is 4.56. The summed E-state index contributed by atoms with van der Waals surface area (Å²) in [5.74, 6) is 0.166. The fraction of sp³-hybridized carbons (Fsp3) is 0.267. The summed E-state index contributed by atoms with van der Waals surface area (Å²) in [4.78, 5) is 17.0. The van der Waals surface area contributed by atoms with Crippen LogP contribution in [0.25, 0.3) is 10.8 Å². The zero-order valence-corrected chi connectivity index (χ0v) is 12.5. The second kappa shape index (κ2) is 6.17. The van der Waals surface area contributed by atoms with Gasteiger partial charge in [0.15, 0.2) is 0 Å². The first-order valence-corrected chi connectivity index (χ1v) is 6.97. The van der Waals surface area contributed by atoms with Crippen LogP contribution in [0, 0.1) is 5.92 Å². The zero-order chi connectivity index (χ0) is 13.8. The Balaban J connectivity index is 2.12. The SMILES string of the molecule is CC(C)CONC(=O)c1ccc2cc(Br)ccc2c1. The number of carbonyl (C=O) groups excluding carboxylic acids is 1. The molecule has 0 unspecified atom stereocenters. The number of amides is 1. The molecule has 0 aliphatic carbocycles. The molecule has 0 saturated carbocycles. The van der Waals surface area contributed by atoms with Gasteiger partial charge in [-0.3, -0.25) is 9.63 Å². The molecule has 0 spiro atoms. The molecule has 2 aromatic rings. The van der Waals surface area contributed by atoms with E-state index in [2.05, 4.69) is 21.4 Å². The van der Waals surface area contributed by atoms with E-state index in [1.807, 2.05) is 44.2 Å². The minimum Gasteiger partial charge on any atom is -0.273 e. The highest BCUT2D eigenvalue weighted by Gasteiger charge is 2.07. The fourth-order valence-corrected chi connectivity index (χ4v) is 2.07. The highest BCUT2D eigenvalue weighted by Crippen LogP contribution is 2.20. The first-order valence-electron chi connectivity index (χ1n) is 6.17. The number of hydrogen-bond donors (Lipinski definition) is 1. The molecule has 0 aromatic heterocycles. The van der Waals surface area contributed by atoms with Gasteiger partial charge in [0.2, 0.25) is 0 Å². The van der Waals surface area contributed by atoms with Crippen molar-refractivity contribution in [3.63, 3.8) is 0 Å². The maximum Gasteiger partial charge on any atom is 0.274 e. The van der Waals surface area contributed by atoms with Gasteiger partial charge in [-0.25, -0.2) is 5.48 Å². The molecular formula is C15H16BrNO2. The standard InChI is InChI=1S/C15H16BrNO2/c1-10(2)9-19-17-15(18)13-4-3-12-8-14(16)6-5-11(12)7-13/h3-8,10H,9H2,1-2H3,(H,17,18). The lowest BCUT2D eigenvalue weighted by molar-refractivity contribution is 0.0209. The molecule has 3 nitrogen and oxygen atoms in total. The van der Waals surface area contributed by atoms with Gasteiger partial charge in [0.1, 0.15) is 0 Å². The van der Waals surface area contributed by atoms with Gasteiger partial charge in [-0.1, -0.05) is 41.9 Å². The lowest BCUT2D eigenvalue weighted by Gasteiger charge is -2.08. The van der Waals surface area contributed by atoms with Crippen LogP contribution in [-0.2, 0) is 4.84 Å². The van der Waals surface area contributed by atoms with Gasteiger partial charge in [-0.2, -0.15) is 0 Å². The molecule has 100 valence electrons. The van der Waals surface area contributed by atoms with Gasteiger partial charge < -0.3 is 0 Å². The van der Waals surface area contributed by atoms with Crippen LogP contribution < -0.4 is 5.48 Å². The summed E-state index contributed by atoms with van der Waals surface area (Å²) < 4.78 is 1.03. The van der Waals surface area contributed by atoms with Crippen LogP contribution >= 0.6 is 15.9 Å². The average Bonchev–Trinajstić information content (AvgIpc) is 2.37. The van der Waals surface area contributed by atoms with E-state index in [9.17, 15) is 4.79 Å². The second-order valence-corrected chi connectivity index (χ2v) is 5.76. The van der Waals surface area contributed by atoms with E-state index < -0.39 is 0 Å². The predicted octanol–water partition coefficient (Wildman–Crippen LogP) is 3.92. The number of hydrogen-bond acceptors (Lipinski definition) is 2. The summed E-state index contributed by atoms with van der Waals surface area (Å²) in [7, 11) is 0. The number of fused-ring (bicyclic) bond motifs is 1. The van der Waals surface area contributed by atoms with Crippen LogP contribution in [0.15, 0.2) is 40.9 Å². The number of nitrogens with one attached hydrogen (secondary N) is 1. The number of hydroxylamine groups is 1. The topological polar surface area (TPSA) is 38.3 Å². The van der Waals surface area contributed by atoms with Gasteiger partial charge in [-0.05, 0) is 41.0 Å². The molecule has 1 amide bonds. The maximum atomic E-state index is 11.9. The van der Waals surface area contributed by atoms with Crippen molar-refractivity contribution >= 4 is 32.6 Å². The Labute approximate surface area is 121 Å². The highest BCUT2D eigenvalue weighted by atomic mass is 79.9. The van der Waals surface area contributed by atoms with Crippen molar-refractivity contribution in [3.8, 4) is 0 Å². The van der Waals surface area contributed by atoms with Gasteiger partial charge >= 0.3 is 0 Å². The fourth-order valence-electron chi connectivity index (χ4n) is 1.69. The van der Waals surface area contributed by atoms with Gasteiger partial charge in [0.25, 0.3) is 5.91 Å². The third kappa shape index (κ3) is 3.78. The molecule has 0 heterocycles. The van der Waals surface area contributed by atoms with Crippen LogP contribution in [0.3, 0.4) is 0 Å². The van der Waals surface area contributed by atoms with E-state index in [1.165, 1.54) is 0 Å². The highest BCUT2D eigenvalue weighted by molar-refractivity contribution is 9.10. The van der Waals surface area contributed by atoms with Gasteiger partial charge in [0, 0.05) is 10.0 Å². The van der Waals surface area contributed by atoms with Crippen LogP contribution in [0.4, 0.5) is 0 Å². The summed E-state index contributed by atoms with van der Waals surface area (Å²) in [6.45, 7) is 4.56. The Hall–Kier alpha value is -1.39. The number of benzene rings is 2. The van der Waals surface area contributed by atoms with Crippen LogP contribution in [-0.4, -0.2) is 12.5 Å². The third-order valence-electron chi connectivity index (χ3n) is 2.65. The molecule has 1 N–H and O–H groups in total. The third-order valence-corrected chi connectivity index (χ3v) is 3.14. The van der Waals surface area contributed by atoms with Crippen molar-refractivity contribution in [1.82, 2.24) is 5.48 Å². The Morgan fingerprint density at radius 3 is 2.63 bits per heavy atom. The number of carbonyl (C=O) groups is 1. The molecule has 2 rings (SSSR count). The Morgan fingerprint density at radius 1 is 1.21 bits per heavy atom. The summed E-state index contributed by atoms with van der Waals surface area (Å²) in [5, 5.41) is 2.12. The lowest BCUT2D eigenvalue weighted by Crippen LogP contribution is -2.25. The largest absolute Gasteiger partial charge is 0.274 e. The summed E-state index contributed by atoms with van der Waals surface area (Å²) >= 11 is 3.43. The lowest BCUT2D eigenvalue weighted by atomic mass is 10.1. The maximum absolute atomic E-state index is 11.9. The van der Waals surface area contributed by atoms with E-state index in [0.29, 0.717) is 18.1 Å². The van der Waals surface area contributed by atoms with Gasteiger partial charge in [0.05, 0.1) is 6.61 Å². The van der Waals surface area contributed by atoms with Crippen molar-refractivity contribution in [3.05, 3.63) is 46.4 Å². The molecule has 4 heteroatoms. The minimum atomic E-state index is -0.217. The van der Waals surface area contributed by atoms with Crippen LogP contribution in [0.1, 0.15) is 24.2 Å². The molecule has 0 aliphatic rings.